The fourth-order valence-electron chi connectivity index (χ4n) is 1.98. The van der Waals surface area contributed by atoms with Gasteiger partial charge in [-0.1, -0.05) is 6.92 Å². The summed E-state index contributed by atoms with van der Waals surface area (Å²) in [4.78, 5) is 11.2. The predicted octanol–water partition coefficient (Wildman–Crippen LogP) is 1.40. The number of aromatic nitrogens is 2. The predicted molar refractivity (Wildman–Crippen MR) is 75.1 cm³/mol. The zero-order chi connectivity index (χ0) is 13.1. The zero-order valence-electron chi connectivity index (χ0n) is 11.7. The van der Waals surface area contributed by atoms with Crippen LogP contribution in [0.15, 0.2) is 0 Å². The van der Waals surface area contributed by atoms with Gasteiger partial charge < -0.3 is 15.5 Å². The molecule has 1 unspecified atom stereocenters. The van der Waals surface area contributed by atoms with Gasteiger partial charge in [-0.2, -0.15) is 4.98 Å². The summed E-state index contributed by atoms with van der Waals surface area (Å²) in [7, 11) is 3.96. The Morgan fingerprint density at radius 2 is 2.17 bits per heavy atom. The quantitative estimate of drug-likeness (QED) is 0.845. The van der Waals surface area contributed by atoms with E-state index < -0.39 is 0 Å². The van der Waals surface area contributed by atoms with Crippen molar-refractivity contribution in [2.24, 2.45) is 0 Å². The Labute approximate surface area is 109 Å². The van der Waals surface area contributed by atoms with Crippen LogP contribution in [0.3, 0.4) is 0 Å². The van der Waals surface area contributed by atoms with E-state index in [4.69, 9.17) is 0 Å². The molecule has 0 saturated carbocycles. The fraction of sp³-hybridized carbons (Fsp3) is 0.692. The molecule has 5 heteroatoms. The lowest BCUT2D eigenvalue weighted by Gasteiger charge is -2.24. The number of anilines is 2. The van der Waals surface area contributed by atoms with E-state index in [-0.39, 0.29) is 0 Å². The highest BCUT2D eigenvalue weighted by Crippen LogP contribution is 2.23. The molecule has 0 amide bonds. The van der Waals surface area contributed by atoms with E-state index in [1.807, 2.05) is 19.0 Å². The van der Waals surface area contributed by atoms with Crippen LogP contribution in [0.5, 0.6) is 0 Å². The van der Waals surface area contributed by atoms with E-state index in [0.29, 0.717) is 6.04 Å². The first-order valence-electron chi connectivity index (χ1n) is 6.66. The normalized spacial score (nSPS) is 16.0. The van der Waals surface area contributed by atoms with E-state index in [1.165, 1.54) is 11.3 Å². The highest BCUT2D eigenvalue weighted by molar-refractivity contribution is 5.52. The molecule has 18 heavy (non-hydrogen) atoms. The average Bonchev–Trinajstić information content (AvgIpc) is 2.38. The first-order valence-corrected chi connectivity index (χ1v) is 6.66. The number of hydrogen-bond acceptors (Lipinski definition) is 5. The van der Waals surface area contributed by atoms with Gasteiger partial charge in [0.05, 0.1) is 5.69 Å². The first kappa shape index (κ1) is 13.1. The Morgan fingerprint density at radius 3 is 2.83 bits per heavy atom. The monoisotopic (exact) mass is 249 g/mol. The minimum Gasteiger partial charge on any atom is -0.367 e. The molecule has 5 nitrogen and oxygen atoms in total. The summed E-state index contributed by atoms with van der Waals surface area (Å²) in [6.45, 7) is 6.22. The van der Waals surface area contributed by atoms with Crippen molar-refractivity contribution in [2.75, 3.05) is 30.9 Å². The molecule has 1 aromatic heterocycles. The van der Waals surface area contributed by atoms with Crippen LogP contribution in [0, 0.1) is 0 Å². The zero-order valence-corrected chi connectivity index (χ0v) is 11.7. The number of nitrogens with one attached hydrogen (secondary N) is 2. The third kappa shape index (κ3) is 2.72. The number of hydrogen-bond donors (Lipinski definition) is 2. The van der Waals surface area contributed by atoms with Gasteiger partial charge >= 0.3 is 0 Å². The van der Waals surface area contributed by atoms with Crippen LogP contribution in [0.1, 0.15) is 31.5 Å². The van der Waals surface area contributed by atoms with Gasteiger partial charge in [0.25, 0.3) is 0 Å². The average molecular weight is 249 g/mol. The van der Waals surface area contributed by atoms with Crippen LogP contribution in [0.25, 0.3) is 0 Å². The van der Waals surface area contributed by atoms with Gasteiger partial charge in [-0.05, 0) is 13.3 Å². The minimum absolute atomic E-state index is 0.431. The second-order valence-electron chi connectivity index (χ2n) is 5.07. The lowest BCUT2D eigenvalue weighted by molar-refractivity contribution is 0.623. The Bertz CT molecular complexity index is 416. The van der Waals surface area contributed by atoms with Crippen LogP contribution >= 0.6 is 0 Å². The Kier molecular flexibility index (Phi) is 4.01. The van der Waals surface area contributed by atoms with Crippen molar-refractivity contribution in [3.63, 3.8) is 0 Å². The summed E-state index contributed by atoms with van der Waals surface area (Å²) in [5.41, 5.74) is 2.41. The topological polar surface area (TPSA) is 53.1 Å². The summed E-state index contributed by atoms with van der Waals surface area (Å²) in [6.07, 6.45) is 2.07. The maximum Gasteiger partial charge on any atom is 0.227 e. The number of rotatable bonds is 4. The largest absolute Gasteiger partial charge is 0.367 e. The smallest absolute Gasteiger partial charge is 0.227 e. The van der Waals surface area contributed by atoms with Gasteiger partial charge in [0.15, 0.2) is 0 Å². The standard InChI is InChI=1S/C13H23N5/c1-5-9(2)15-12-10-8-14-7-6-11(10)16-13(17-12)18(3)4/h9,14H,5-8H2,1-4H3,(H,15,16,17). The van der Waals surface area contributed by atoms with Crippen LogP contribution in [-0.2, 0) is 13.0 Å². The molecule has 2 N–H and O–H groups in total. The third-order valence-corrected chi connectivity index (χ3v) is 3.32. The van der Waals surface area contributed by atoms with E-state index in [1.54, 1.807) is 0 Å². The summed E-state index contributed by atoms with van der Waals surface area (Å²) >= 11 is 0. The minimum atomic E-state index is 0.431. The van der Waals surface area contributed by atoms with Gasteiger partial charge in [0.2, 0.25) is 5.95 Å². The second-order valence-corrected chi connectivity index (χ2v) is 5.07. The van der Waals surface area contributed by atoms with Crippen LogP contribution < -0.4 is 15.5 Å². The van der Waals surface area contributed by atoms with Gasteiger partial charge in [-0.3, -0.25) is 0 Å². The molecule has 2 rings (SSSR count). The maximum absolute atomic E-state index is 4.64. The molecular weight excluding hydrogens is 226 g/mol. The molecular formula is C13H23N5. The van der Waals surface area contributed by atoms with E-state index in [2.05, 4.69) is 34.4 Å². The molecule has 0 saturated heterocycles. The van der Waals surface area contributed by atoms with Crippen molar-refractivity contribution in [1.82, 2.24) is 15.3 Å². The Hall–Kier alpha value is -1.36. The molecule has 0 radical (unpaired) electrons. The van der Waals surface area contributed by atoms with Gasteiger partial charge in [-0.15, -0.1) is 0 Å². The van der Waals surface area contributed by atoms with Crippen LogP contribution in [-0.4, -0.2) is 36.6 Å². The van der Waals surface area contributed by atoms with E-state index >= 15 is 0 Å². The fourth-order valence-corrected chi connectivity index (χ4v) is 1.98. The molecule has 0 aromatic carbocycles. The molecule has 2 heterocycles. The van der Waals surface area contributed by atoms with Crippen molar-refractivity contribution in [1.29, 1.82) is 0 Å². The summed E-state index contributed by atoms with van der Waals surface area (Å²) in [5.74, 6) is 1.78. The lowest BCUT2D eigenvalue weighted by atomic mass is 10.1. The second kappa shape index (κ2) is 5.52. The molecule has 1 aliphatic heterocycles. The number of fused-ring (bicyclic) bond motifs is 1. The van der Waals surface area contributed by atoms with E-state index in [0.717, 1.165) is 37.7 Å². The van der Waals surface area contributed by atoms with Crippen LogP contribution in [0.4, 0.5) is 11.8 Å². The molecule has 100 valence electrons. The molecule has 0 aliphatic carbocycles. The van der Waals surface area contributed by atoms with Gasteiger partial charge in [0.1, 0.15) is 5.82 Å². The van der Waals surface area contributed by atoms with Crippen LogP contribution in [0.2, 0.25) is 0 Å². The highest BCUT2D eigenvalue weighted by Gasteiger charge is 2.18. The van der Waals surface area contributed by atoms with Gasteiger partial charge in [0, 0.05) is 45.2 Å². The third-order valence-electron chi connectivity index (χ3n) is 3.32. The van der Waals surface area contributed by atoms with Crippen molar-refractivity contribution in [3.05, 3.63) is 11.3 Å². The lowest BCUT2D eigenvalue weighted by Crippen LogP contribution is -2.29. The molecule has 0 spiro atoms. The Morgan fingerprint density at radius 1 is 1.39 bits per heavy atom. The maximum atomic E-state index is 4.64. The van der Waals surface area contributed by atoms with Gasteiger partial charge in [-0.25, -0.2) is 4.98 Å². The Balaban J connectivity index is 2.37. The summed E-state index contributed by atoms with van der Waals surface area (Å²) in [5, 5.41) is 6.88. The SMILES string of the molecule is CCC(C)Nc1nc(N(C)C)nc2c1CNCC2. The molecule has 0 fully saturated rings. The highest BCUT2D eigenvalue weighted by atomic mass is 15.2. The molecule has 1 aromatic rings. The van der Waals surface area contributed by atoms with Crippen molar-refractivity contribution >= 4 is 11.8 Å². The summed E-state index contributed by atoms with van der Waals surface area (Å²) < 4.78 is 0. The molecule has 1 atom stereocenters. The van der Waals surface area contributed by atoms with Crippen molar-refractivity contribution in [3.8, 4) is 0 Å². The van der Waals surface area contributed by atoms with E-state index in [9.17, 15) is 0 Å². The first-order chi connectivity index (χ1) is 8.61. The number of nitrogens with zero attached hydrogens (tertiary/aromatic N) is 3. The molecule has 0 bridgehead atoms. The van der Waals surface area contributed by atoms with Crippen molar-refractivity contribution < 1.29 is 0 Å². The summed E-state index contributed by atoms with van der Waals surface area (Å²) in [6, 6.07) is 0.431. The van der Waals surface area contributed by atoms with Crippen molar-refractivity contribution in [2.45, 2.75) is 39.3 Å². The molecule has 1 aliphatic rings.